The fourth-order valence-electron chi connectivity index (χ4n) is 6.14. The van der Waals surface area contributed by atoms with Crippen LogP contribution in [-0.2, 0) is 0 Å². The molecule has 2 N–H and O–H groups in total. The number of phenolic OH excluding ortho intramolecular Hbond substituents is 2. The zero-order valence-electron chi connectivity index (χ0n) is 26.0. The van der Waals surface area contributed by atoms with Crippen molar-refractivity contribution < 1.29 is 10.2 Å². The summed E-state index contributed by atoms with van der Waals surface area (Å²) in [4.78, 5) is 0. The molecule has 2 aromatic carbocycles. The van der Waals surface area contributed by atoms with Gasteiger partial charge in [-0.25, -0.2) is 0 Å². The zero-order valence-corrected chi connectivity index (χ0v) is 26.0. The predicted octanol–water partition coefficient (Wildman–Crippen LogP) is 11.9. The van der Waals surface area contributed by atoms with Gasteiger partial charge in [0.25, 0.3) is 0 Å². The van der Waals surface area contributed by atoms with Crippen molar-refractivity contribution in [3.63, 3.8) is 0 Å². The van der Waals surface area contributed by atoms with E-state index in [0.717, 1.165) is 25.7 Å². The quantitative estimate of drug-likeness (QED) is 0.217. The van der Waals surface area contributed by atoms with Crippen LogP contribution < -0.4 is 0 Å². The molecule has 0 aliphatic carbocycles. The van der Waals surface area contributed by atoms with Crippen molar-refractivity contribution in [2.45, 2.75) is 156 Å². The lowest BCUT2D eigenvalue weighted by atomic mass is 9.74. The van der Waals surface area contributed by atoms with E-state index in [2.05, 4.69) is 79.7 Å². The summed E-state index contributed by atoms with van der Waals surface area (Å²) in [6, 6.07) is 8.22. The zero-order chi connectivity index (χ0) is 28.2. The second-order valence-electron chi connectivity index (χ2n) is 12.2. The van der Waals surface area contributed by atoms with Crippen LogP contribution in [0.5, 0.6) is 11.5 Å². The van der Waals surface area contributed by atoms with E-state index in [0.29, 0.717) is 35.2 Å². The highest BCUT2D eigenvalue weighted by atomic mass is 16.3. The van der Waals surface area contributed by atoms with E-state index in [1.807, 2.05) is 0 Å². The van der Waals surface area contributed by atoms with Crippen molar-refractivity contribution in [3.05, 3.63) is 46.5 Å². The minimum absolute atomic E-state index is 0.362. The first-order valence-corrected chi connectivity index (χ1v) is 15.9. The Bertz CT molecular complexity index is 826. The lowest BCUT2D eigenvalue weighted by molar-refractivity contribution is 0.469. The van der Waals surface area contributed by atoms with E-state index in [1.54, 1.807) is 0 Å². The third-order valence-electron chi connectivity index (χ3n) is 8.70. The van der Waals surface area contributed by atoms with Crippen LogP contribution >= 0.6 is 0 Å². The van der Waals surface area contributed by atoms with Crippen molar-refractivity contribution in [3.8, 4) is 22.6 Å². The first kappa shape index (κ1) is 32.3. The lowest BCUT2D eigenvalue weighted by Crippen LogP contribution is -2.10. The fourth-order valence-corrected chi connectivity index (χ4v) is 6.14. The molecule has 0 bridgehead atoms. The molecule has 0 fully saturated rings. The number of aromatic hydroxyl groups is 2. The summed E-state index contributed by atoms with van der Waals surface area (Å²) in [7, 11) is 0. The summed E-state index contributed by atoms with van der Waals surface area (Å²) in [5.41, 5.74) is 7.86. The molecule has 0 spiro atoms. The number of rotatable bonds is 17. The second kappa shape index (κ2) is 16.2. The summed E-state index contributed by atoms with van der Waals surface area (Å²) >= 11 is 0. The van der Waals surface area contributed by atoms with Crippen LogP contribution in [0.1, 0.15) is 178 Å². The molecule has 2 heteroatoms. The minimum Gasteiger partial charge on any atom is -0.508 e. The Balaban J connectivity index is 2.97. The molecule has 2 nitrogen and oxygen atoms in total. The summed E-state index contributed by atoms with van der Waals surface area (Å²) in [6.07, 6.45) is 13.9. The molecule has 0 saturated carbocycles. The molecule has 4 atom stereocenters. The Morgan fingerprint density at radius 2 is 0.658 bits per heavy atom. The largest absolute Gasteiger partial charge is 0.508 e. The van der Waals surface area contributed by atoms with Gasteiger partial charge in [0.15, 0.2) is 0 Å². The Hall–Kier alpha value is -1.96. The molecule has 0 saturated heterocycles. The Labute approximate surface area is 235 Å². The summed E-state index contributed by atoms with van der Waals surface area (Å²) in [5, 5.41) is 22.0. The van der Waals surface area contributed by atoms with E-state index in [1.165, 1.54) is 84.7 Å². The molecule has 0 amide bonds. The summed E-state index contributed by atoms with van der Waals surface area (Å²) in [6.45, 7) is 18.4. The highest BCUT2D eigenvalue weighted by molar-refractivity contribution is 5.80. The highest BCUT2D eigenvalue weighted by Crippen LogP contribution is 2.48. The van der Waals surface area contributed by atoms with Crippen LogP contribution in [-0.4, -0.2) is 10.2 Å². The van der Waals surface area contributed by atoms with Gasteiger partial charge in [-0.05, 0) is 107 Å². The van der Waals surface area contributed by atoms with Gasteiger partial charge >= 0.3 is 0 Å². The molecule has 2 aromatic rings. The number of hydrogen-bond donors (Lipinski definition) is 2. The molecule has 0 heterocycles. The maximum Gasteiger partial charge on any atom is 0.116 e. The fraction of sp³-hybridized carbons (Fsp3) is 0.667. The first-order valence-electron chi connectivity index (χ1n) is 15.9. The predicted molar refractivity (Wildman–Crippen MR) is 167 cm³/mol. The molecule has 4 unspecified atom stereocenters. The van der Waals surface area contributed by atoms with Gasteiger partial charge in [0.1, 0.15) is 11.5 Å². The van der Waals surface area contributed by atoms with Gasteiger partial charge in [0, 0.05) is 0 Å². The molecule has 0 aliphatic heterocycles. The van der Waals surface area contributed by atoms with Crippen molar-refractivity contribution in [2.24, 2.45) is 0 Å². The SMILES string of the molecule is CCCCC(C)c1cc(O)cc(C(C)CCCC)c1-c1c(C(C)CCCC)cc(O)cc1C(C)CCCC. The maximum atomic E-state index is 11.0. The van der Waals surface area contributed by atoms with Crippen LogP contribution in [0, 0.1) is 0 Å². The van der Waals surface area contributed by atoms with E-state index >= 15 is 0 Å². The smallest absolute Gasteiger partial charge is 0.116 e. The van der Waals surface area contributed by atoms with E-state index in [-0.39, 0.29) is 0 Å². The maximum absolute atomic E-state index is 11.0. The van der Waals surface area contributed by atoms with Gasteiger partial charge < -0.3 is 10.2 Å². The number of phenols is 2. The molecule has 214 valence electrons. The normalized spacial score (nSPS) is 14.8. The van der Waals surface area contributed by atoms with Gasteiger partial charge in [-0.3, -0.25) is 0 Å². The Morgan fingerprint density at radius 3 is 0.842 bits per heavy atom. The third kappa shape index (κ3) is 8.52. The molecule has 0 aromatic heterocycles. The van der Waals surface area contributed by atoms with Crippen LogP contribution in [0.15, 0.2) is 24.3 Å². The van der Waals surface area contributed by atoms with Gasteiger partial charge in [-0.1, -0.05) is 107 Å². The van der Waals surface area contributed by atoms with E-state index in [9.17, 15) is 10.2 Å². The molecule has 38 heavy (non-hydrogen) atoms. The van der Waals surface area contributed by atoms with Gasteiger partial charge in [-0.15, -0.1) is 0 Å². The highest BCUT2D eigenvalue weighted by Gasteiger charge is 2.28. The average Bonchev–Trinajstić information content (AvgIpc) is 2.91. The van der Waals surface area contributed by atoms with Crippen molar-refractivity contribution in [2.75, 3.05) is 0 Å². The monoisotopic (exact) mass is 522 g/mol. The molecular formula is C36H58O2. The van der Waals surface area contributed by atoms with Crippen molar-refractivity contribution >= 4 is 0 Å². The standard InChI is InChI=1S/C36H58O2/c1-9-13-17-25(5)31-21-29(37)22-32(26(6)18-14-10-2)35(31)36-33(27(7)19-15-11-3)23-30(38)24-34(36)28(8)20-16-12-4/h21-28,37-38H,9-20H2,1-8H3. The van der Waals surface area contributed by atoms with Crippen molar-refractivity contribution in [1.29, 1.82) is 0 Å². The first-order chi connectivity index (χ1) is 18.2. The number of unbranched alkanes of at least 4 members (excludes halogenated alkanes) is 4. The van der Waals surface area contributed by atoms with Crippen molar-refractivity contribution in [1.82, 2.24) is 0 Å². The Morgan fingerprint density at radius 1 is 0.447 bits per heavy atom. The lowest BCUT2D eigenvalue weighted by Gasteiger charge is -2.30. The Kier molecular flexibility index (Phi) is 13.8. The average molecular weight is 523 g/mol. The van der Waals surface area contributed by atoms with Crippen LogP contribution in [0.25, 0.3) is 11.1 Å². The molecule has 2 rings (SSSR count). The number of benzene rings is 2. The van der Waals surface area contributed by atoms with E-state index < -0.39 is 0 Å². The van der Waals surface area contributed by atoms with E-state index in [4.69, 9.17) is 0 Å². The second-order valence-corrected chi connectivity index (χ2v) is 12.2. The van der Waals surface area contributed by atoms with Gasteiger partial charge in [0.05, 0.1) is 0 Å². The molecular weight excluding hydrogens is 464 g/mol. The van der Waals surface area contributed by atoms with Gasteiger partial charge in [0.2, 0.25) is 0 Å². The number of hydrogen-bond acceptors (Lipinski definition) is 2. The summed E-state index contributed by atoms with van der Waals surface area (Å²) in [5.74, 6) is 2.23. The summed E-state index contributed by atoms with van der Waals surface area (Å²) < 4.78 is 0. The molecule has 0 aliphatic rings. The third-order valence-corrected chi connectivity index (χ3v) is 8.70. The molecule has 0 radical (unpaired) electrons. The minimum atomic E-state index is 0.362. The van der Waals surface area contributed by atoms with Gasteiger partial charge in [-0.2, -0.15) is 0 Å². The topological polar surface area (TPSA) is 40.5 Å². The van der Waals surface area contributed by atoms with Crippen LogP contribution in [0.3, 0.4) is 0 Å². The van der Waals surface area contributed by atoms with Crippen LogP contribution in [0.4, 0.5) is 0 Å². The van der Waals surface area contributed by atoms with Crippen LogP contribution in [0.2, 0.25) is 0 Å².